The molecular formula is C22H14Cl3N3O2S2. The number of carbonyl (C=O) groups is 1. The zero-order valence-electron chi connectivity index (χ0n) is 16.2. The Morgan fingerprint density at radius 1 is 1.06 bits per heavy atom. The molecule has 0 fully saturated rings. The third-order valence-electron chi connectivity index (χ3n) is 4.26. The van der Waals surface area contributed by atoms with Crippen molar-refractivity contribution in [2.24, 2.45) is 0 Å². The Balaban J connectivity index is 1.39. The number of amides is 1. The van der Waals surface area contributed by atoms with Gasteiger partial charge in [0.1, 0.15) is 5.52 Å². The maximum atomic E-state index is 12.2. The van der Waals surface area contributed by atoms with Crippen molar-refractivity contribution in [3.8, 4) is 11.5 Å². The van der Waals surface area contributed by atoms with E-state index in [9.17, 15) is 4.79 Å². The molecule has 0 unspecified atom stereocenters. The summed E-state index contributed by atoms with van der Waals surface area (Å²) < 4.78 is 5.80. The summed E-state index contributed by atoms with van der Waals surface area (Å²) in [7, 11) is 0. The number of benzene rings is 3. The molecule has 32 heavy (non-hydrogen) atoms. The number of hydrogen-bond donors (Lipinski definition) is 2. The molecule has 0 bridgehead atoms. The number of thioether (sulfide) groups is 1. The first-order chi connectivity index (χ1) is 15.4. The molecule has 3 aromatic carbocycles. The highest BCUT2D eigenvalue weighted by molar-refractivity contribution is 8.00. The van der Waals surface area contributed by atoms with Gasteiger partial charge in [0, 0.05) is 15.6 Å². The number of aromatic nitrogens is 1. The van der Waals surface area contributed by atoms with Crippen LogP contribution < -0.4 is 10.6 Å². The number of hydrogen-bond acceptors (Lipinski definition) is 5. The fourth-order valence-electron chi connectivity index (χ4n) is 2.79. The second-order valence-electron chi connectivity index (χ2n) is 6.55. The number of oxazole rings is 1. The summed E-state index contributed by atoms with van der Waals surface area (Å²) >= 11 is 24.9. The first kappa shape index (κ1) is 22.9. The maximum Gasteiger partial charge on any atom is 0.236 e. The Hall–Kier alpha value is -2.29. The highest BCUT2D eigenvalue weighted by atomic mass is 35.5. The van der Waals surface area contributed by atoms with Crippen LogP contribution in [0.15, 0.2) is 70.0 Å². The lowest BCUT2D eigenvalue weighted by atomic mass is 10.2. The molecule has 0 spiro atoms. The van der Waals surface area contributed by atoms with Crippen LogP contribution in [0.25, 0.3) is 22.6 Å². The number of halogens is 3. The molecule has 0 aliphatic heterocycles. The number of nitrogens with zero attached hydrogens (tertiary/aromatic N) is 1. The zero-order valence-corrected chi connectivity index (χ0v) is 20.1. The number of thiocarbonyl (C=S) groups is 1. The lowest BCUT2D eigenvalue weighted by Gasteiger charge is -2.09. The van der Waals surface area contributed by atoms with Crippen LogP contribution in [0, 0.1) is 0 Å². The predicted molar refractivity (Wildman–Crippen MR) is 136 cm³/mol. The minimum atomic E-state index is -0.220. The normalized spacial score (nSPS) is 10.8. The molecule has 2 N–H and O–H groups in total. The van der Waals surface area contributed by atoms with Crippen LogP contribution in [-0.4, -0.2) is 21.8 Å². The van der Waals surface area contributed by atoms with Crippen molar-refractivity contribution in [3.63, 3.8) is 0 Å². The van der Waals surface area contributed by atoms with E-state index in [1.54, 1.807) is 48.5 Å². The monoisotopic (exact) mass is 521 g/mol. The van der Waals surface area contributed by atoms with Crippen molar-refractivity contribution in [1.82, 2.24) is 10.3 Å². The van der Waals surface area contributed by atoms with E-state index in [-0.39, 0.29) is 16.8 Å². The van der Waals surface area contributed by atoms with Gasteiger partial charge in [0.15, 0.2) is 10.7 Å². The van der Waals surface area contributed by atoms with Crippen molar-refractivity contribution in [1.29, 1.82) is 0 Å². The standard InChI is InChI=1S/C22H14Cl3N3O2S2/c23-12-4-7-14(8-5-12)32-11-19(29)28-22(31)26-13-6-9-18-17(10-13)27-21(30-18)15-2-1-3-16(24)20(15)25/h1-10H,11H2,(H2,26,28,29,31). The first-order valence-corrected chi connectivity index (χ1v) is 11.8. The Morgan fingerprint density at radius 2 is 1.84 bits per heavy atom. The van der Waals surface area contributed by atoms with Crippen LogP contribution in [0.4, 0.5) is 5.69 Å². The van der Waals surface area contributed by atoms with Crippen molar-refractivity contribution >= 4 is 86.6 Å². The van der Waals surface area contributed by atoms with Gasteiger partial charge in [-0.25, -0.2) is 4.98 Å². The van der Waals surface area contributed by atoms with Crippen LogP contribution in [0.2, 0.25) is 15.1 Å². The molecule has 4 aromatic rings. The van der Waals surface area contributed by atoms with Gasteiger partial charge in [0.2, 0.25) is 11.8 Å². The molecule has 0 radical (unpaired) electrons. The average molecular weight is 523 g/mol. The van der Waals surface area contributed by atoms with Gasteiger partial charge < -0.3 is 15.1 Å². The molecule has 162 valence electrons. The fraction of sp³-hybridized carbons (Fsp3) is 0.0455. The van der Waals surface area contributed by atoms with E-state index >= 15 is 0 Å². The minimum Gasteiger partial charge on any atom is -0.436 e. The van der Waals surface area contributed by atoms with E-state index in [2.05, 4.69) is 15.6 Å². The van der Waals surface area contributed by atoms with Gasteiger partial charge in [-0.1, -0.05) is 40.9 Å². The number of carbonyl (C=O) groups excluding carboxylic acids is 1. The third kappa shape index (κ3) is 5.54. The Labute approximate surface area is 208 Å². The van der Waals surface area contributed by atoms with Gasteiger partial charge in [0.25, 0.3) is 0 Å². The van der Waals surface area contributed by atoms with Crippen molar-refractivity contribution in [2.75, 3.05) is 11.1 Å². The summed E-state index contributed by atoms with van der Waals surface area (Å²) in [6, 6.07) is 17.8. The number of rotatable bonds is 5. The smallest absolute Gasteiger partial charge is 0.236 e. The zero-order chi connectivity index (χ0) is 22.7. The summed E-state index contributed by atoms with van der Waals surface area (Å²) in [6.07, 6.45) is 0. The molecule has 4 rings (SSSR count). The molecule has 1 amide bonds. The Kier molecular flexibility index (Phi) is 7.23. The SMILES string of the molecule is O=C(CSc1ccc(Cl)cc1)NC(=S)Nc1ccc2oc(-c3cccc(Cl)c3Cl)nc2c1. The summed E-state index contributed by atoms with van der Waals surface area (Å²) in [5.74, 6) is 0.359. The van der Waals surface area contributed by atoms with E-state index in [1.165, 1.54) is 11.8 Å². The topological polar surface area (TPSA) is 67.2 Å². The molecule has 10 heteroatoms. The van der Waals surface area contributed by atoms with Crippen LogP contribution in [0.5, 0.6) is 0 Å². The second-order valence-corrected chi connectivity index (χ2v) is 9.23. The second kappa shape index (κ2) is 10.1. The number of fused-ring (bicyclic) bond motifs is 1. The molecule has 0 saturated carbocycles. The Bertz CT molecular complexity index is 1310. The number of anilines is 1. The molecule has 0 atom stereocenters. The largest absolute Gasteiger partial charge is 0.436 e. The quantitative estimate of drug-likeness (QED) is 0.216. The molecule has 0 aliphatic carbocycles. The van der Waals surface area contributed by atoms with E-state index < -0.39 is 0 Å². The van der Waals surface area contributed by atoms with Crippen LogP contribution in [0.1, 0.15) is 0 Å². The maximum absolute atomic E-state index is 12.2. The van der Waals surface area contributed by atoms with Crippen molar-refractivity contribution in [3.05, 3.63) is 75.7 Å². The van der Waals surface area contributed by atoms with E-state index in [4.69, 9.17) is 51.4 Å². The van der Waals surface area contributed by atoms with E-state index in [0.29, 0.717) is 43.3 Å². The van der Waals surface area contributed by atoms with Gasteiger partial charge in [-0.2, -0.15) is 0 Å². The van der Waals surface area contributed by atoms with E-state index in [0.717, 1.165) is 4.90 Å². The predicted octanol–water partition coefficient (Wildman–Crippen LogP) is 7.06. The molecule has 0 aliphatic rings. The van der Waals surface area contributed by atoms with Gasteiger partial charge in [-0.05, 0) is 66.8 Å². The minimum absolute atomic E-state index is 0.188. The summed E-state index contributed by atoms with van der Waals surface area (Å²) in [6.45, 7) is 0. The Morgan fingerprint density at radius 3 is 2.62 bits per heavy atom. The average Bonchev–Trinajstić information content (AvgIpc) is 3.18. The van der Waals surface area contributed by atoms with Crippen LogP contribution in [0.3, 0.4) is 0 Å². The van der Waals surface area contributed by atoms with Gasteiger partial charge in [0.05, 0.1) is 21.4 Å². The van der Waals surface area contributed by atoms with Gasteiger partial charge in [-0.3, -0.25) is 4.79 Å². The molecule has 1 heterocycles. The summed E-state index contributed by atoms with van der Waals surface area (Å²) in [4.78, 5) is 17.6. The fourth-order valence-corrected chi connectivity index (χ4v) is 4.23. The van der Waals surface area contributed by atoms with Gasteiger partial charge >= 0.3 is 0 Å². The van der Waals surface area contributed by atoms with Crippen molar-refractivity contribution in [2.45, 2.75) is 4.90 Å². The summed E-state index contributed by atoms with van der Waals surface area (Å²) in [5.41, 5.74) is 2.44. The van der Waals surface area contributed by atoms with Crippen molar-refractivity contribution < 1.29 is 9.21 Å². The lowest BCUT2D eigenvalue weighted by molar-refractivity contribution is -0.117. The van der Waals surface area contributed by atoms with Gasteiger partial charge in [-0.15, -0.1) is 11.8 Å². The molecule has 0 saturated heterocycles. The number of nitrogens with one attached hydrogen (secondary N) is 2. The highest BCUT2D eigenvalue weighted by Crippen LogP contribution is 2.34. The highest BCUT2D eigenvalue weighted by Gasteiger charge is 2.14. The van der Waals surface area contributed by atoms with E-state index in [1.807, 2.05) is 12.1 Å². The molecule has 1 aromatic heterocycles. The summed E-state index contributed by atoms with van der Waals surface area (Å²) in [5, 5.41) is 7.28. The lowest BCUT2D eigenvalue weighted by Crippen LogP contribution is -2.35. The molecular weight excluding hydrogens is 509 g/mol. The first-order valence-electron chi connectivity index (χ1n) is 9.23. The van der Waals surface area contributed by atoms with Crippen LogP contribution >= 0.6 is 58.8 Å². The molecule has 5 nitrogen and oxygen atoms in total. The van der Waals surface area contributed by atoms with Crippen LogP contribution in [-0.2, 0) is 4.79 Å². The third-order valence-corrected chi connectivity index (χ3v) is 6.55.